The van der Waals surface area contributed by atoms with Crippen molar-refractivity contribution in [3.8, 4) is 0 Å². The Morgan fingerprint density at radius 2 is 2.08 bits per heavy atom. The van der Waals surface area contributed by atoms with Crippen molar-refractivity contribution in [1.82, 2.24) is 24.6 Å². The maximum Gasteiger partial charge on any atom is 0.222 e. The van der Waals surface area contributed by atoms with Gasteiger partial charge in [0.15, 0.2) is 0 Å². The molecule has 3 heterocycles. The van der Waals surface area contributed by atoms with Crippen molar-refractivity contribution in [2.75, 3.05) is 18.4 Å². The van der Waals surface area contributed by atoms with Crippen LogP contribution in [0.3, 0.4) is 0 Å². The average Bonchev–Trinajstić information content (AvgIpc) is 3.13. The Kier molecular flexibility index (Phi) is 5.76. The molecule has 1 aliphatic rings. The molecule has 0 unspecified atom stereocenters. The molecule has 0 aliphatic carbocycles. The van der Waals surface area contributed by atoms with Crippen molar-refractivity contribution in [3.05, 3.63) is 36.9 Å². The summed E-state index contributed by atoms with van der Waals surface area (Å²) in [6.07, 6.45) is 11.8. The van der Waals surface area contributed by atoms with Crippen LogP contribution in [0.1, 0.15) is 32.1 Å². The number of nitrogens with zero attached hydrogens (tertiary/aromatic N) is 5. The van der Waals surface area contributed by atoms with Crippen molar-refractivity contribution < 1.29 is 4.79 Å². The summed E-state index contributed by atoms with van der Waals surface area (Å²) in [5, 5.41) is 7.41. The summed E-state index contributed by atoms with van der Waals surface area (Å²) in [7, 11) is 0. The molecule has 3 rings (SSSR count). The van der Waals surface area contributed by atoms with Crippen LogP contribution in [0.5, 0.6) is 0 Å². The lowest BCUT2D eigenvalue weighted by molar-refractivity contribution is -0.135. The molecule has 1 aliphatic heterocycles. The normalized spacial score (nSPS) is 17.7. The van der Waals surface area contributed by atoms with Crippen LogP contribution in [0.25, 0.3) is 0 Å². The fourth-order valence-corrected chi connectivity index (χ4v) is 3.12. The van der Waals surface area contributed by atoms with Gasteiger partial charge in [0, 0.05) is 44.3 Å². The van der Waals surface area contributed by atoms with E-state index in [9.17, 15) is 4.79 Å². The molecule has 0 spiro atoms. The molecule has 0 aromatic carbocycles. The fraction of sp³-hybridized carbons (Fsp3) is 0.529. The van der Waals surface area contributed by atoms with Gasteiger partial charge in [-0.15, -0.1) is 0 Å². The Morgan fingerprint density at radius 1 is 1.21 bits per heavy atom. The first kappa shape index (κ1) is 16.4. The zero-order valence-electron chi connectivity index (χ0n) is 13.8. The van der Waals surface area contributed by atoms with Crippen molar-refractivity contribution in [2.24, 2.45) is 0 Å². The number of hydrogen-bond acceptors (Lipinski definition) is 5. The Hall–Kier alpha value is -2.44. The second-order valence-corrected chi connectivity index (χ2v) is 6.07. The first-order chi connectivity index (χ1) is 11.8. The van der Waals surface area contributed by atoms with Gasteiger partial charge in [0.2, 0.25) is 11.9 Å². The van der Waals surface area contributed by atoms with E-state index in [2.05, 4.69) is 20.4 Å². The maximum atomic E-state index is 12.6. The number of rotatable bonds is 7. The van der Waals surface area contributed by atoms with Crippen molar-refractivity contribution >= 4 is 11.9 Å². The van der Waals surface area contributed by atoms with Gasteiger partial charge in [-0.3, -0.25) is 9.48 Å². The minimum absolute atomic E-state index is 0.239. The molecule has 1 N–H and O–H groups in total. The molecule has 128 valence electrons. The molecule has 0 bridgehead atoms. The SMILES string of the molecule is O=C(CCCNc1ncccn1)N1CCCC[C@@H]1Cn1cccn1. The molecule has 2 aromatic heterocycles. The number of likely N-dealkylation sites (tertiary alicyclic amines) is 1. The Balaban J connectivity index is 1.45. The quantitative estimate of drug-likeness (QED) is 0.786. The number of piperidine rings is 1. The lowest BCUT2D eigenvalue weighted by atomic mass is 10.0. The molecule has 24 heavy (non-hydrogen) atoms. The van der Waals surface area contributed by atoms with Crippen LogP contribution in [0, 0.1) is 0 Å². The number of carbonyl (C=O) groups is 1. The Morgan fingerprint density at radius 3 is 2.88 bits per heavy atom. The van der Waals surface area contributed by atoms with E-state index in [1.54, 1.807) is 24.7 Å². The summed E-state index contributed by atoms with van der Waals surface area (Å²) in [5.41, 5.74) is 0. The predicted octanol–water partition coefficient (Wildman–Crippen LogP) is 1.95. The van der Waals surface area contributed by atoms with E-state index in [1.165, 1.54) is 6.42 Å². The lowest BCUT2D eigenvalue weighted by Crippen LogP contribution is -2.45. The summed E-state index contributed by atoms with van der Waals surface area (Å²) in [6.45, 7) is 2.35. The van der Waals surface area contributed by atoms with E-state index in [0.717, 1.165) is 32.4 Å². The first-order valence-electron chi connectivity index (χ1n) is 8.61. The number of amides is 1. The van der Waals surface area contributed by atoms with Gasteiger partial charge < -0.3 is 10.2 Å². The van der Waals surface area contributed by atoms with Crippen LogP contribution >= 0.6 is 0 Å². The third-order valence-electron chi connectivity index (χ3n) is 4.32. The summed E-state index contributed by atoms with van der Waals surface area (Å²) < 4.78 is 1.92. The highest BCUT2D eigenvalue weighted by atomic mass is 16.2. The monoisotopic (exact) mass is 328 g/mol. The number of anilines is 1. The molecule has 7 nitrogen and oxygen atoms in total. The highest BCUT2D eigenvalue weighted by Crippen LogP contribution is 2.19. The van der Waals surface area contributed by atoms with Gasteiger partial charge in [-0.05, 0) is 37.8 Å². The Labute approximate surface area is 142 Å². The van der Waals surface area contributed by atoms with E-state index < -0.39 is 0 Å². The minimum Gasteiger partial charge on any atom is -0.354 e. The topological polar surface area (TPSA) is 75.9 Å². The highest BCUT2D eigenvalue weighted by Gasteiger charge is 2.26. The molecular weight excluding hydrogens is 304 g/mol. The standard InChI is InChI=1S/C17H24N6O/c24-16(7-3-8-18-17-19-9-4-10-20-17)23-13-2-1-6-15(23)14-22-12-5-11-21-22/h4-5,9-12,15H,1-3,6-8,13-14H2,(H,18,19,20)/t15-/m1/s1. The van der Waals surface area contributed by atoms with Crippen LogP contribution in [-0.4, -0.2) is 49.7 Å². The number of hydrogen-bond donors (Lipinski definition) is 1. The van der Waals surface area contributed by atoms with Gasteiger partial charge in [0.25, 0.3) is 0 Å². The van der Waals surface area contributed by atoms with E-state index in [0.29, 0.717) is 18.9 Å². The van der Waals surface area contributed by atoms with E-state index in [4.69, 9.17) is 0 Å². The third-order valence-corrected chi connectivity index (χ3v) is 4.32. The summed E-state index contributed by atoms with van der Waals surface area (Å²) in [6, 6.07) is 3.97. The smallest absolute Gasteiger partial charge is 0.222 e. The highest BCUT2D eigenvalue weighted by molar-refractivity contribution is 5.76. The molecule has 0 saturated carbocycles. The van der Waals surface area contributed by atoms with Gasteiger partial charge >= 0.3 is 0 Å². The van der Waals surface area contributed by atoms with Crippen molar-refractivity contribution in [1.29, 1.82) is 0 Å². The molecule has 7 heteroatoms. The maximum absolute atomic E-state index is 12.6. The second kappa shape index (κ2) is 8.42. The molecule has 1 fully saturated rings. The van der Waals surface area contributed by atoms with Crippen molar-refractivity contribution in [2.45, 2.75) is 44.7 Å². The van der Waals surface area contributed by atoms with E-state index in [-0.39, 0.29) is 11.9 Å². The summed E-state index contributed by atoms with van der Waals surface area (Å²) in [4.78, 5) is 22.9. The largest absolute Gasteiger partial charge is 0.354 e. The average molecular weight is 328 g/mol. The third kappa shape index (κ3) is 4.53. The molecule has 0 radical (unpaired) electrons. The van der Waals surface area contributed by atoms with Crippen LogP contribution in [0.15, 0.2) is 36.9 Å². The summed E-state index contributed by atoms with van der Waals surface area (Å²) >= 11 is 0. The fourth-order valence-electron chi connectivity index (χ4n) is 3.12. The van der Waals surface area contributed by atoms with Crippen LogP contribution in [0.4, 0.5) is 5.95 Å². The molecular formula is C17H24N6O. The minimum atomic E-state index is 0.239. The van der Waals surface area contributed by atoms with E-state index >= 15 is 0 Å². The number of aromatic nitrogens is 4. The Bertz CT molecular complexity index is 615. The zero-order valence-corrected chi connectivity index (χ0v) is 13.8. The lowest BCUT2D eigenvalue weighted by Gasteiger charge is -2.36. The molecule has 1 atom stereocenters. The first-order valence-corrected chi connectivity index (χ1v) is 8.61. The zero-order chi connectivity index (χ0) is 16.6. The van der Waals surface area contributed by atoms with Gasteiger partial charge in [0.1, 0.15) is 0 Å². The molecule has 2 aromatic rings. The van der Waals surface area contributed by atoms with Gasteiger partial charge in [-0.2, -0.15) is 5.10 Å². The van der Waals surface area contributed by atoms with Crippen LogP contribution in [-0.2, 0) is 11.3 Å². The van der Waals surface area contributed by atoms with Gasteiger partial charge in [-0.25, -0.2) is 9.97 Å². The predicted molar refractivity (Wildman–Crippen MR) is 91.3 cm³/mol. The number of carbonyl (C=O) groups excluding carboxylic acids is 1. The van der Waals surface area contributed by atoms with Gasteiger partial charge in [-0.1, -0.05) is 0 Å². The van der Waals surface area contributed by atoms with Crippen LogP contribution in [0.2, 0.25) is 0 Å². The van der Waals surface area contributed by atoms with Gasteiger partial charge in [0.05, 0.1) is 12.6 Å². The molecule has 1 saturated heterocycles. The second-order valence-electron chi connectivity index (χ2n) is 6.07. The van der Waals surface area contributed by atoms with Crippen LogP contribution < -0.4 is 5.32 Å². The molecule has 1 amide bonds. The van der Waals surface area contributed by atoms with E-state index in [1.807, 2.05) is 21.8 Å². The number of nitrogens with one attached hydrogen (secondary N) is 1. The van der Waals surface area contributed by atoms with Crippen molar-refractivity contribution in [3.63, 3.8) is 0 Å². The summed E-state index contributed by atoms with van der Waals surface area (Å²) in [5.74, 6) is 0.849.